The number of carbonyl (C=O) groups excluding carboxylic acids is 1. The molecule has 3 aromatic rings. The maximum absolute atomic E-state index is 12.6. The minimum Gasteiger partial charge on any atom is -0.378 e. The second kappa shape index (κ2) is 9.27. The first-order valence-electron chi connectivity index (χ1n) is 8.66. The third-order valence-electron chi connectivity index (χ3n) is 3.92. The Morgan fingerprint density at radius 1 is 0.967 bits per heavy atom. The molecule has 0 aliphatic carbocycles. The van der Waals surface area contributed by atoms with E-state index in [-0.39, 0.29) is 21.8 Å². The summed E-state index contributed by atoms with van der Waals surface area (Å²) in [6, 6.07) is 22.2. The van der Waals surface area contributed by atoms with Gasteiger partial charge >= 0.3 is 10.1 Å². The number of halogens is 1. The number of benzene rings is 3. The van der Waals surface area contributed by atoms with E-state index in [0.29, 0.717) is 10.7 Å². The van der Waals surface area contributed by atoms with Gasteiger partial charge in [0.25, 0.3) is 5.91 Å². The highest BCUT2D eigenvalue weighted by Gasteiger charge is 2.19. The highest BCUT2D eigenvalue weighted by Crippen LogP contribution is 2.26. The average molecular weight is 439 g/mol. The Labute approximate surface area is 179 Å². The number of para-hydroxylation sites is 2. The fraction of sp³-hybridized carbons (Fsp3) is 0. The van der Waals surface area contributed by atoms with Gasteiger partial charge in [0, 0.05) is 16.3 Å². The van der Waals surface area contributed by atoms with E-state index < -0.39 is 16.0 Å². The standard InChI is InChI=1S/C22H15ClN2O4S/c23-18-10-12-20(13-11-18)30(27,28)29-21-9-5-4-6-16(21)14-17(15-24)22(26)25-19-7-2-1-3-8-19/h1-14H,(H,25,26)/b17-14+. The van der Waals surface area contributed by atoms with Gasteiger partial charge in [0.1, 0.15) is 22.3 Å². The van der Waals surface area contributed by atoms with E-state index in [1.807, 2.05) is 6.07 Å². The number of hydrogen-bond donors (Lipinski definition) is 1. The monoisotopic (exact) mass is 438 g/mol. The Balaban J connectivity index is 1.89. The van der Waals surface area contributed by atoms with E-state index in [9.17, 15) is 18.5 Å². The number of nitriles is 1. The predicted octanol–water partition coefficient (Wildman–Crippen LogP) is 4.65. The van der Waals surface area contributed by atoms with Crippen LogP contribution in [-0.4, -0.2) is 14.3 Å². The quantitative estimate of drug-likeness (QED) is 0.343. The van der Waals surface area contributed by atoms with Crippen LogP contribution in [0.1, 0.15) is 5.56 Å². The van der Waals surface area contributed by atoms with Crippen LogP contribution < -0.4 is 9.50 Å². The lowest BCUT2D eigenvalue weighted by Crippen LogP contribution is -2.13. The van der Waals surface area contributed by atoms with Gasteiger partial charge in [-0.2, -0.15) is 13.7 Å². The topological polar surface area (TPSA) is 96.3 Å². The first-order valence-corrected chi connectivity index (χ1v) is 10.4. The number of carbonyl (C=O) groups is 1. The lowest BCUT2D eigenvalue weighted by molar-refractivity contribution is -0.112. The fourth-order valence-electron chi connectivity index (χ4n) is 2.47. The van der Waals surface area contributed by atoms with Gasteiger partial charge in [-0.05, 0) is 48.5 Å². The summed E-state index contributed by atoms with van der Waals surface area (Å²) in [4.78, 5) is 12.3. The normalized spacial score (nSPS) is 11.4. The minimum atomic E-state index is -4.14. The van der Waals surface area contributed by atoms with Crippen molar-refractivity contribution in [1.82, 2.24) is 0 Å². The molecule has 0 heterocycles. The molecule has 0 unspecified atom stereocenters. The molecule has 6 nitrogen and oxygen atoms in total. The second-order valence-electron chi connectivity index (χ2n) is 6.02. The predicted molar refractivity (Wildman–Crippen MR) is 114 cm³/mol. The molecule has 0 aliphatic rings. The van der Waals surface area contributed by atoms with Crippen LogP contribution in [0.4, 0.5) is 5.69 Å². The van der Waals surface area contributed by atoms with E-state index in [1.165, 1.54) is 36.4 Å². The molecule has 0 fully saturated rings. The molecule has 3 aromatic carbocycles. The summed E-state index contributed by atoms with van der Waals surface area (Å²) in [6.45, 7) is 0. The van der Waals surface area contributed by atoms with Gasteiger partial charge in [0.15, 0.2) is 0 Å². The molecule has 0 spiro atoms. The van der Waals surface area contributed by atoms with Gasteiger partial charge in [-0.15, -0.1) is 0 Å². The summed E-state index contributed by atoms with van der Waals surface area (Å²) in [5.74, 6) is -0.647. The van der Waals surface area contributed by atoms with Crippen LogP contribution in [0.5, 0.6) is 5.75 Å². The van der Waals surface area contributed by atoms with Gasteiger partial charge in [0.05, 0.1) is 0 Å². The molecule has 1 N–H and O–H groups in total. The highest BCUT2D eigenvalue weighted by atomic mass is 35.5. The molecule has 0 atom stereocenters. The lowest BCUT2D eigenvalue weighted by Gasteiger charge is -2.10. The zero-order valence-electron chi connectivity index (χ0n) is 15.4. The summed E-state index contributed by atoms with van der Waals surface area (Å²) >= 11 is 5.80. The molecule has 0 bridgehead atoms. The largest absolute Gasteiger partial charge is 0.378 e. The van der Waals surface area contributed by atoms with Crippen LogP contribution in [0.2, 0.25) is 5.02 Å². The Morgan fingerprint density at radius 2 is 1.60 bits per heavy atom. The van der Waals surface area contributed by atoms with Gasteiger partial charge in [0.2, 0.25) is 0 Å². The molecule has 0 aromatic heterocycles. The summed E-state index contributed by atoms with van der Waals surface area (Å²) in [5.41, 5.74) is 0.576. The Bertz CT molecular complexity index is 1230. The molecule has 8 heteroatoms. The van der Waals surface area contributed by atoms with Crippen LogP contribution >= 0.6 is 11.6 Å². The Kier molecular flexibility index (Phi) is 6.52. The average Bonchev–Trinajstić information content (AvgIpc) is 2.74. The maximum Gasteiger partial charge on any atom is 0.339 e. The third-order valence-corrected chi connectivity index (χ3v) is 5.42. The number of anilines is 1. The summed E-state index contributed by atoms with van der Waals surface area (Å²) in [5, 5.41) is 12.4. The van der Waals surface area contributed by atoms with Gasteiger partial charge in [-0.3, -0.25) is 4.79 Å². The Hall–Kier alpha value is -3.60. The number of hydrogen-bond acceptors (Lipinski definition) is 5. The molecule has 0 aliphatic heterocycles. The van der Waals surface area contributed by atoms with Crippen LogP contribution in [0.15, 0.2) is 89.3 Å². The highest BCUT2D eigenvalue weighted by molar-refractivity contribution is 7.87. The zero-order valence-corrected chi connectivity index (χ0v) is 17.0. The molecule has 30 heavy (non-hydrogen) atoms. The van der Waals surface area contributed by atoms with Crippen LogP contribution in [0.3, 0.4) is 0 Å². The van der Waals surface area contributed by atoms with Crippen molar-refractivity contribution >= 4 is 39.4 Å². The summed E-state index contributed by atoms with van der Waals surface area (Å²) in [6.07, 6.45) is 1.27. The van der Waals surface area contributed by atoms with Crippen LogP contribution in [0.25, 0.3) is 6.08 Å². The molecule has 1 amide bonds. The van der Waals surface area contributed by atoms with Crippen molar-refractivity contribution < 1.29 is 17.4 Å². The van der Waals surface area contributed by atoms with E-state index in [4.69, 9.17) is 15.8 Å². The van der Waals surface area contributed by atoms with E-state index in [0.717, 1.165) is 0 Å². The molecule has 0 radical (unpaired) electrons. The third kappa shape index (κ3) is 5.26. The van der Waals surface area contributed by atoms with Crippen molar-refractivity contribution in [3.63, 3.8) is 0 Å². The summed E-state index contributed by atoms with van der Waals surface area (Å²) in [7, 11) is -4.14. The van der Waals surface area contributed by atoms with Gasteiger partial charge in [-0.25, -0.2) is 0 Å². The lowest BCUT2D eigenvalue weighted by atomic mass is 10.1. The number of nitrogens with one attached hydrogen (secondary N) is 1. The number of amides is 1. The van der Waals surface area contributed by atoms with Crippen LogP contribution in [-0.2, 0) is 14.9 Å². The minimum absolute atomic E-state index is 0.0206. The summed E-state index contributed by atoms with van der Waals surface area (Å²) < 4.78 is 30.4. The molecular formula is C22H15ClN2O4S. The van der Waals surface area contributed by atoms with Crippen molar-refractivity contribution in [2.45, 2.75) is 4.90 Å². The van der Waals surface area contributed by atoms with Crippen molar-refractivity contribution in [3.8, 4) is 11.8 Å². The zero-order chi connectivity index (χ0) is 21.6. The van der Waals surface area contributed by atoms with Crippen LogP contribution in [0, 0.1) is 11.3 Å². The molecular weight excluding hydrogens is 424 g/mol. The molecule has 0 saturated carbocycles. The number of rotatable bonds is 6. The SMILES string of the molecule is N#C/C(=C\c1ccccc1OS(=O)(=O)c1ccc(Cl)cc1)C(=O)Nc1ccccc1. The van der Waals surface area contributed by atoms with Gasteiger partial charge < -0.3 is 9.50 Å². The molecule has 0 saturated heterocycles. The van der Waals surface area contributed by atoms with E-state index in [2.05, 4.69) is 5.32 Å². The Morgan fingerprint density at radius 3 is 2.27 bits per heavy atom. The smallest absolute Gasteiger partial charge is 0.339 e. The van der Waals surface area contributed by atoms with Crippen molar-refractivity contribution in [2.75, 3.05) is 5.32 Å². The van der Waals surface area contributed by atoms with Crippen molar-refractivity contribution in [1.29, 1.82) is 5.26 Å². The number of nitrogens with zero attached hydrogens (tertiary/aromatic N) is 1. The van der Waals surface area contributed by atoms with Gasteiger partial charge in [-0.1, -0.05) is 48.0 Å². The second-order valence-corrected chi connectivity index (χ2v) is 8.00. The molecule has 3 rings (SSSR count). The van der Waals surface area contributed by atoms with E-state index >= 15 is 0 Å². The van der Waals surface area contributed by atoms with E-state index in [1.54, 1.807) is 48.5 Å². The van der Waals surface area contributed by atoms with Crippen molar-refractivity contribution in [2.24, 2.45) is 0 Å². The van der Waals surface area contributed by atoms with Crippen molar-refractivity contribution in [3.05, 3.63) is 95.0 Å². The fourth-order valence-corrected chi connectivity index (χ4v) is 3.55. The first-order chi connectivity index (χ1) is 14.4. The molecule has 150 valence electrons. The first kappa shape index (κ1) is 21.1. The maximum atomic E-state index is 12.6.